The van der Waals surface area contributed by atoms with Crippen molar-refractivity contribution in [2.45, 2.75) is 38.0 Å². The van der Waals surface area contributed by atoms with Gasteiger partial charge in [-0.25, -0.2) is 4.98 Å². The smallest absolute Gasteiger partial charge is 0.282 e. The molecule has 0 spiro atoms. The molecule has 1 aliphatic carbocycles. The van der Waals surface area contributed by atoms with E-state index in [1.807, 2.05) is 24.3 Å². The van der Waals surface area contributed by atoms with E-state index in [-0.39, 0.29) is 18.1 Å². The number of rotatable bonds is 6. The second-order valence-electron chi connectivity index (χ2n) is 7.66. The molecule has 0 atom stereocenters. The summed E-state index contributed by atoms with van der Waals surface area (Å²) in [6, 6.07) is 12.9. The van der Waals surface area contributed by atoms with E-state index in [0.29, 0.717) is 38.3 Å². The number of methoxy groups -OCH3 is 1. The summed E-state index contributed by atoms with van der Waals surface area (Å²) in [6.07, 6.45) is 7.10. The van der Waals surface area contributed by atoms with Gasteiger partial charge in [0.05, 0.1) is 28.7 Å². The second kappa shape index (κ2) is 9.96. The van der Waals surface area contributed by atoms with E-state index in [4.69, 9.17) is 19.7 Å². The zero-order valence-corrected chi connectivity index (χ0v) is 19.3. The van der Waals surface area contributed by atoms with Gasteiger partial charge in [0.25, 0.3) is 5.56 Å². The van der Waals surface area contributed by atoms with Gasteiger partial charge in [0.2, 0.25) is 0 Å². The molecule has 1 fully saturated rings. The van der Waals surface area contributed by atoms with Crippen molar-refractivity contribution in [3.8, 4) is 17.6 Å². The molecule has 32 heavy (non-hydrogen) atoms. The van der Waals surface area contributed by atoms with Gasteiger partial charge in [-0.3, -0.25) is 4.79 Å². The van der Waals surface area contributed by atoms with Crippen molar-refractivity contribution in [3.05, 3.63) is 62.6 Å². The number of benzene rings is 2. The molecule has 3 aromatic rings. The highest BCUT2D eigenvalue weighted by molar-refractivity contribution is 9.10. The minimum Gasteiger partial charge on any atom is -0.493 e. The molecule has 0 bridgehead atoms. The first kappa shape index (κ1) is 22.0. The van der Waals surface area contributed by atoms with E-state index in [1.54, 1.807) is 24.4 Å². The minimum atomic E-state index is -0.174. The summed E-state index contributed by atoms with van der Waals surface area (Å²) in [4.78, 5) is 18.1. The van der Waals surface area contributed by atoms with Gasteiger partial charge >= 0.3 is 0 Å². The van der Waals surface area contributed by atoms with Crippen molar-refractivity contribution >= 4 is 33.0 Å². The fourth-order valence-electron chi connectivity index (χ4n) is 4.06. The van der Waals surface area contributed by atoms with E-state index in [9.17, 15) is 4.79 Å². The van der Waals surface area contributed by atoms with Crippen LogP contribution in [0.3, 0.4) is 0 Å². The molecular weight excluding hydrogens is 472 g/mol. The Morgan fingerprint density at radius 2 is 2.06 bits per heavy atom. The molecule has 1 heterocycles. The molecule has 2 aromatic carbocycles. The Kier molecular flexibility index (Phi) is 6.86. The molecule has 1 saturated carbocycles. The first-order chi connectivity index (χ1) is 15.6. The van der Waals surface area contributed by atoms with Crippen LogP contribution in [0.5, 0.6) is 11.5 Å². The van der Waals surface area contributed by atoms with Gasteiger partial charge in [-0.15, -0.1) is 0 Å². The molecule has 164 valence electrons. The van der Waals surface area contributed by atoms with Gasteiger partial charge in [-0.05, 0) is 58.6 Å². The van der Waals surface area contributed by atoms with Crippen molar-refractivity contribution in [1.82, 2.24) is 9.66 Å². The predicted molar refractivity (Wildman–Crippen MR) is 127 cm³/mol. The number of nitriles is 1. The molecular formula is C24H23BrN4O3. The zero-order chi connectivity index (χ0) is 22.5. The zero-order valence-electron chi connectivity index (χ0n) is 17.8. The lowest BCUT2D eigenvalue weighted by atomic mass is 9.88. The molecule has 1 aromatic heterocycles. The quantitative estimate of drug-likeness (QED) is 0.449. The normalized spacial score (nSPS) is 14.5. The number of nitrogens with zero attached hydrogens (tertiary/aromatic N) is 4. The molecule has 0 saturated heterocycles. The van der Waals surface area contributed by atoms with Crippen LogP contribution in [0.2, 0.25) is 0 Å². The summed E-state index contributed by atoms with van der Waals surface area (Å²) >= 11 is 3.46. The van der Waals surface area contributed by atoms with Gasteiger partial charge in [0, 0.05) is 5.92 Å². The predicted octanol–water partition coefficient (Wildman–Crippen LogP) is 5.00. The van der Waals surface area contributed by atoms with E-state index in [2.05, 4.69) is 21.0 Å². The molecule has 0 aliphatic heterocycles. The number of para-hydroxylation sites is 1. The van der Waals surface area contributed by atoms with Crippen LogP contribution >= 0.6 is 15.9 Å². The Bertz CT molecular complexity index is 1260. The number of aromatic nitrogens is 2. The van der Waals surface area contributed by atoms with Crippen molar-refractivity contribution in [3.63, 3.8) is 0 Å². The Morgan fingerprint density at radius 3 is 2.81 bits per heavy atom. The van der Waals surface area contributed by atoms with E-state index in [0.717, 1.165) is 25.7 Å². The van der Waals surface area contributed by atoms with Crippen molar-refractivity contribution < 1.29 is 9.47 Å². The number of ether oxygens (including phenoxy) is 2. The summed E-state index contributed by atoms with van der Waals surface area (Å²) in [7, 11) is 1.53. The largest absolute Gasteiger partial charge is 0.493 e. The third kappa shape index (κ3) is 4.53. The minimum absolute atomic E-state index is 0.0920. The number of hydrogen-bond donors (Lipinski definition) is 0. The summed E-state index contributed by atoms with van der Waals surface area (Å²) in [6.45, 7) is -0.0920. The third-order valence-electron chi connectivity index (χ3n) is 5.60. The Labute approximate surface area is 194 Å². The molecule has 0 N–H and O–H groups in total. The Hall–Kier alpha value is -3.18. The maximum atomic E-state index is 13.3. The molecule has 8 heteroatoms. The lowest BCUT2D eigenvalue weighted by Crippen LogP contribution is -2.25. The van der Waals surface area contributed by atoms with Gasteiger partial charge in [-0.2, -0.15) is 15.0 Å². The SMILES string of the molecule is COc1cc(C=Nn2c(C3CCCCC3)nc3ccccc3c2=O)cc(Br)c1OCC#N. The summed E-state index contributed by atoms with van der Waals surface area (Å²) < 4.78 is 12.9. The monoisotopic (exact) mass is 494 g/mol. The van der Waals surface area contributed by atoms with Crippen LogP contribution in [0.15, 0.2) is 50.8 Å². The fourth-order valence-corrected chi connectivity index (χ4v) is 4.63. The number of hydrogen-bond acceptors (Lipinski definition) is 6. The van der Waals surface area contributed by atoms with Crippen LogP contribution in [-0.2, 0) is 0 Å². The maximum absolute atomic E-state index is 13.3. The molecule has 0 amide bonds. The second-order valence-corrected chi connectivity index (χ2v) is 8.52. The average molecular weight is 495 g/mol. The topological polar surface area (TPSA) is 89.5 Å². The van der Waals surface area contributed by atoms with Crippen molar-refractivity contribution in [2.24, 2.45) is 5.10 Å². The van der Waals surface area contributed by atoms with Crippen LogP contribution in [-0.4, -0.2) is 29.6 Å². The van der Waals surface area contributed by atoms with Crippen molar-refractivity contribution in [2.75, 3.05) is 13.7 Å². The first-order valence-corrected chi connectivity index (χ1v) is 11.3. The van der Waals surface area contributed by atoms with E-state index in [1.165, 1.54) is 18.2 Å². The summed E-state index contributed by atoms with van der Waals surface area (Å²) in [5.74, 6) is 1.83. The van der Waals surface area contributed by atoms with Crippen LogP contribution in [0.4, 0.5) is 0 Å². The molecule has 0 radical (unpaired) electrons. The van der Waals surface area contributed by atoms with Gasteiger partial charge in [0.1, 0.15) is 11.9 Å². The van der Waals surface area contributed by atoms with Crippen molar-refractivity contribution in [1.29, 1.82) is 5.26 Å². The number of halogens is 1. The standard InChI is InChI=1S/C24H23BrN4O3/c1-31-21-14-16(13-19(25)22(21)32-12-11-26)15-27-29-23(17-7-3-2-4-8-17)28-20-10-6-5-9-18(20)24(29)30/h5-6,9-10,13-15,17H,2-4,7-8,12H2,1H3. The van der Waals surface area contributed by atoms with E-state index >= 15 is 0 Å². The molecule has 7 nitrogen and oxygen atoms in total. The highest BCUT2D eigenvalue weighted by Crippen LogP contribution is 2.36. The highest BCUT2D eigenvalue weighted by atomic mass is 79.9. The first-order valence-electron chi connectivity index (χ1n) is 10.6. The van der Waals surface area contributed by atoms with E-state index < -0.39 is 0 Å². The van der Waals surface area contributed by atoms with Crippen LogP contribution in [0.25, 0.3) is 10.9 Å². The average Bonchev–Trinajstić information content (AvgIpc) is 2.83. The lowest BCUT2D eigenvalue weighted by molar-refractivity contribution is 0.327. The lowest BCUT2D eigenvalue weighted by Gasteiger charge is -2.22. The molecule has 4 rings (SSSR count). The van der Waals surface area contributed by atoms with Crippen LogP contribution in [0.1, 0.15) is 49.4 Å². The number of fused-ring (bicyclic) bond motifs is 1. The van der Waals surface area contributed by atoms with Gasteiger partial charge < -0.3 is 9.47 Å². The third-order valence-corrected chi connectivity index (χ3v) is 6.19. The molecule has 0 unspecified atom stereocenters. The van der Waals surface area contributed by atoms with Gasteiger partial charge in [0.15, 0.2) is 18.1 Å². The van der Waals surface area contributed by atoms with Crippen LogP contribution in [0, 0.1) is 11.3 Å². The summed E-state index contributed by atoms with van der Waals surface area (Å²) in [5, 5.41) is 13.9. The summed E-state index contributed by atoms with van der Waals surface area (Å²) in [5.41, 5.74) is 1.24. The molecule has 1 aliphatic rings. The van der Waals surface area contributed by atoms with Gasteiger partial charge in [-0.1, -0.05) is 31.4 Å². The fraction of sp³-hybridized carbons (Fsp3) is 0.333. The Balaban J connectivity index is 1.78. The van der Waals surface area contributed by atoms with Crippen LogP contribution < -0.4 is 15.0 Å². The Morgan fingerprint density at radius 1 is 1.28 bits per heavy atom. The highest BCUT2D eigenvalue weighted by Gasteiger charge is 2.22. The maximum Gasteiger partial charge on any atom is 0.282 e.